The van der Waals surface area contributed by atoms with Gasteiger partial charge in [-0.2, -0.15) is 0 Å². The number of aliphatic hydroxyl groups is 1. The molecule has 0 heterocycles. The second-order valence-corrected chi connectivity index (χ2v) is 4.73. The molecule has 0 atom stereocenters. The SMILES string of the molecule is CC(C)(C)OC(=O)NCCOCCOCCCO. The molecule has 0 rings (SSSR count). The third-order valence-corrected chi connectivity index (χ3v) is 1.73. The lowest BCUT2D eigenvalue weighted by atomic mass is 10.2. The molecule has 0 aromatic rings. The maximum absolute atomic E-state index is 11.2. The molecule has 0 saturated heterocycles. The van der Waals surface area contributed by atoms with Crippen molar-refractivity contribution in [1.29, 1.82) is 0 Å². The lowest BCUT2D eigenvalue weighted by Crippen LogP contribution is -2.34. The summed E-state index contributed by atoms with van der Waals surface area (Å²) in [6, 6.07) is 0. The number of aliphatic hydroxyl groups excluding tert-OH is 1. The summed E-state index contributed by atoms with van der Waals surface area (Å²) in [6.07, 6.45) is 0.200. The number of alkyl carbamates (subject to hydrolysis) is 1. The summed E-state index contributed by atoms with van der Waals surface area (Å²) >= 11 is 0. The molecule has 0 aliphatic carbocycles. The minimum absolute atomic E-state index is 0.140. The third-order valence-electron chi connectivity index (χ3n) is 1.73. The second-order valence-electron chi connectivity index (χ2n) is 4.73. The van der Waals surface area contributed by atoms with Crippen LogP contribution in [0.2, 0.25) is 0 Å². The van der Waals surface area contributed by atoms with Crippen LogP contribution in [0.5, 0.6) is 0 Å². The molecule has 108 valence electrons. The van der Waals surface area contributed by atoms with Crippen molar-refractivity contribution in [3.05, 3.63) is 0 Å². The first kappa shape index (κ1) is 17.2. The maximum atomic E-state index is 11.2. The van der Waals surface area contributed by atoms with Gasteiger partial charge in [-0.15, -0.1) is 0 Å². The van der Waals surface area contributed by atoms with Crippen LogP contribution in [0.4, 0.5) is 4.79 Å². The lowest BCUT2D eigenvalue weighted by molar-refractivity contribution is 0.0371. The summed E-state index contributed by atoms with van der Waals surface area (Å²) in [5, 5.41) is 11.1. The Morgan fingerprint density at radius 1 is 1.11 bits per heavy atom. The number of amides is 1. The predicted octanol–water partition coefficient (Wildman–Crippen LogP) is 0.927. The summed E-state index contributed by atoms with van der Waals surface area (Å²) < 4.78 is 15.5. The van der Waals surface area contributed by atoms with Gasteiger partial charge in [-0.05, 0) is 27.2 Å². The van der Waals surface area contributed by atoms with Crippen LogP contribution >= 0.6 is 0 Å². The van der Waals surface area contributed by atoms with Crippen molar-refractivity contribution in [2.24, 2.45) is 0 Å². The smallest absolute Gasteiger partial charge is 0.407 e. The lowest BCUT2D eigenvalue weighted by Gasteiger charge is -2.19. The Morgan fingerprint density at radius 3 is 2.28 bits per heavy atom. The van der Waals surface area contributed by atoms with Gasteiger partial charge in [-0.3, -0.25) is 0 Å². The molecule has 0 radical (unpaired) electrons. The van der Waals surface area contributed by atoms with E-state index in [4.69, 9.17) is 19.3 Å². The minimum Gasteiger partial charge on any atom is -0.444 e. The first-order valence-electron chi connectivity index (χ1n) is 6.19. The van der Waals surface area contributed by atoms with E-state index in [-0.39, 0.29) is 6.61 Å². The van der Waals surface area contributed by atoms with Crippen molar-refractivity contribution in [2.75, 3.05) is 39.6 Å². The van der Waals surface area contributed by atoms with Crippen molar-refractivity contribution in [3.8, 4) is 0 Å². The van der Waals surface area contributed by atoms with Gasteiger partial charge in [0.2, 0.25) is 0 Å². The minimum atomic E-state index is -0.481. The van der Waals surface area contributed by atoms with Gasteiger partial charge in [-0.1, -0.05) is 0 Å². The monoisotopic (exact) mass is 263 g/mol. The number of hydrogen-bond donors (Lipinski definition) is 2. The topological polar surface area (TPSA) is 77.0 Å². The van der Waals surface area contributed by atoms with Gasteiger partial charge in [0.05, 0.1) is 19.8 Å². The van der Waals surface area contributed by atoms with Gasteiger partial charge in [0, 0.05) is 19.8 Å². The average molecular weight is 263 g/mol. The number of carbonyl (C=O) groups is 1. The Hall–Kier alpha value is -0.850. The van der Waals surface area contributed by atoms with E-state index in [1.165, 1.54) is 0 Å². The predicted molar refractivity (Wildman–Crippen MR) is 67.6 cm³/mol. The second kappa shape index (κ2) is 10.1. The first-order valence-corrected chi connectivity index (χ1v) is 6.19. The molecule has 2 N–H and O–H groups in total. The van der Waals surface area contributed by atoms with Gasteiger partial charge in [0.1, 0.15) is 5.60 Å². The van der Waals surface area contributed by atoms with E-state index in [0.717, 1.165) is 0 Å². The van der Waals surface area contributed by atoms with E-state index < -0.39 is 11.7 Å². The summed E-state index contributed by atoms with van der Waals surface area (Å²) in [4.78, 5) is 11.2. The van der Waals surface area contributed by atoms with Gasteiger partial charge in [0.15, 0.2) is 0 Å². The van der Waals surface area contributed by atoms with Crippen LogP contribution < -0.4 is 5.32 Å². The number of rotatable bonds is 9. The highest BCUT2D eigenvalue weighted by Crippen LogP contribution is 2.05. The molecule has 18 heavy (non-hydrogen) atoms. The quantitative estimate of drug-likeness (QED) is 0.605. The van der Waals surface area contributed by atoms with Crippen LogP contribution in [-0.2, 0) is 14.2 Å². The van der Waals surface area contributed by atoms with Gasteiger partial charge in [-0.25, -0.2) is 4.79 Å². The van der Waals surface area contributed by atoms with Crippen LogP contribution in [0.15, 0.2) is 0 Å². The fraction of sp³-hybridized carbons (Fsp3) is 0.917. The molecule has 6 nitrogen and oxygen atoms in total. The Balaban J connectivity index is 3.23. The van der Waals surface area contributed by atoms with Gasteiger partial charge < -0.3 is 24.6 Å². The molecule has 0 unspecified atom stereocenters. The molecule has 0 aliphatic heterocycles. The van der Waals surface area contributed by atoms with E-state index in [0.29, 0.717) is 39.4 Å². The third kappa shape index (κ3) is 13.2. The van der Waals surface area contributed by atoms with Gasteiger partial charge >= 0.3 is 6.09 Å². The fourth-order valence-corrected chi connectivity index (χ4v) is 1.03. The summed E-state index contributed by atoms with van der Waals surface area (Å²) in [7, 11) is 0. The molecule has 0 fully saturated rings. The standard InChI is InChI=1S/C12H25NO5/c1-12(2,3)18-11(15)13-5-8-17-10-9-16-7-4-6-14/h14H,4-10H2,1-3H3,(H,13,15). The summed E-state index contributed by atoms with van der Waals surface area (Å²) in [6.45, 7) is 7.91. The molecular weight excluding hydrogens is 238 g/mol. The van der Waals surface area contributed by atoms with E-state index >= 15 is 0 Å². The zero-order valence-corrected chi connectivity index (χ0v) is 11.5. The van der Waals surface area contributed by atoms with Gasteiger partial charge in [0.25, 0.3) is 0 Å². The highest BCUT2D eigenvalue weighted by Gasteiger charge is 2.15. The molecular formula is C12H25NO5. The number of hydrogen-bond acceptors (Lipinski definition) is 5. The molecule has 0 aromatic carbocycles. The number of ether oxygens (including phenoxy) is 3. The van der Waals surface area contributed by atoms with E-state index in [9.17, 15) is 4.79 Å². The van der Waals surface area contributed by atoms with E-state index in [1.54, 1.807) is 0 Å². The average Bonchev–Trinajstić information content (AvgIpc) is 2.24. The normalized spacial score (nSPS) is 11.3. The largest absolute Gasteiger partial charge is 0.444 e. The molecule has 0 bridgehead atoms. The Morgan fingerprint density at radius 2 is 1.72 bits per heavy atom. The van der Waals surface area contributed by atoms with Crippen molar-refractivity contribution in [3.63, 3.8) is 0 Å². The van der Waals surface area contributed by atoms with Crippen molar-refractivity contribution < 1.29 is 24.1 Å². The molecule has 0 spiro atoms. The van der Waals surface area contributed by atoms with Crippen molar-refractivity contribution in [2.45, 2.75) is 32.8 Å². The van der Waals surface area contributed by atoms with Crippen molar-refractivity contribution in [1.82, 2.24) is 5.32 Å². The first-order chi connectivity index (χ1) is 8.45. The number of nitrogens with one attached hydrogen (secondary N) is 1. The molecule has 0 saturated carbocycles. The van der Waals surface area contributed by atoms with Crippen LogP contribution in [0.1, 0.15) is 27.2 Å². The Bertz CT molecular complexity index is 215. The van der Waals surface area contributed by atoms with E-state index in [1.807, 2.05) is 20.8 Å². The fourth-order valence-electron chi connectivity index (χ4n) is 1.03. The molecule has 1 amide bonds. The van der Waals surface area contributed by atoms with Crippen LogP contribution in [0.3, 0.4) is 0 Å². The zero-order valence-electron chi connectivity index (χ0n) is 11.5. The van der Waals surface area contributed by atoms with Crippen LogP contribution in [0.25, 0.3) is 0 Å². The summed E-state index contributed by atoms with van der Waals surface area (Å²) in [5.74, 6) is 0. The van der Waals surface area contributed by atoms with E-state index in [2.05, 4.69) is 5.32 Å². The van der Waals surface area contributed by atoms with Crippen molar-refractivity contribution >= 4 is 6.09 Å². The maximum Gasteiger partial charge on any atom is 0.407 e. The van der Waals surface area contributed by atoms with Crippen LogP contribution in [0, 0.1) is 0 Å². The highest BCUT2D eigenvalue weighted by atomic mass is 16.6. The summed E-state index contributed by atoms with van der Waals surface area (Å²) in [5.41, 5.74) is -0.481. The molecule has 6 heteroatoms. The zero-order chi connectivity index (χ0) is 13.9. The molecule has 0 aliphatic rings. The Kier molecular flexibility index (Phi) is 9.63. The van der Waals surface area contributed by atoms with Crippen LogP contribution in [-0.4, -0.2) is 56.4 Å². The number of carbonyl (C=O) groups excluding carboxylic acids is 1. The Labute approximate surface area is 109 Å². The molecule has 0 aromatic heterocycles. The highest BCUT2D eigenvalue weighted by molar-refractivity contribution is 5.67.